The van der Waals surface area contributed by atoms with Crippen LogP contribution in [-0.4, -0.2) is 28.3 Å². The van der Waals surface area contributed by atoms with E-state index in [1.54, 1.807) is 6.20 Å². The number of pyridine rings is 1. The Labute approximate surface area is 122 Å². The van der Waals surface area contributed by atoms with Crippen LogP contribution in [0.15, 0.2) is 36.5 Å². The third-order valence-electron chi connectivity index (χ3n) is 3.34. The Morgan fingerprint density at radius 2 is 2.10 bits per heavy atom. The van der Waals surface area contributed by atoms with Crippen molar-refractivity contribution in [1.82, 2.24) is 15.2 Å². The Kier molecular flexibility index (Phi) is 3.70. The zero-order chi connectivity index (χ0) is 14.7. The van der Waals surface area contributed by atoms with Gasteiger partial charge in [0.25, 0.3) is 0 Å². The van der Waals surface area contributed by atoms with E-state index in [-0.39, 0.29) is 0 Å². The number of hydrogen-bond donors (Lipinski definition) is 4. The minimum atomic E-state index is 0.500. The van der Waals surface area contributed by atoms with Crippen molar-refractivity contribution < 1.29 is 0 Å². The molecule has 0 saturated heterocycles. The summed E-state index contributed by atoms with van der Waals surface area (Å²) in [6.45, 7) is 1.48. The number of rotatable bonds is 5. The number of benzene rings is 1. The van der Waals surface area contributed by atoms with Gasteiger partial charge in [-0.05, 0) is 25.1 Å². The first-order valence-electron chi connectivity index (χ1n) is 6.92. The summed E-state index contributed by atoms with van der Waals surface area (Å²) in [6.07, 6.45) is 2.64. The van der Waals surface area contributed by atoms with Crippen LogP contribution >= 0.6 is 0 Å². The van der Waals surface area contributed by atoms with Gasteiger partial charge in [0.2, 0.25) is 0 Å². The van der Waals surface area contributed by atoms with Crippen molar-refractivity contribution in [2.24, 2.45) is 5.73 Å². The first-order chi connectivity index (χ1) is 10.3. The molecule has 0 radical (unpaired) electrons. The average Bonchev–Trinajstić information content (AvgIpc) is 3.01. The van der Waals surface area contributed by atoms with Crippen molar-refractivity contribution in [1.29, 1.82) is 0 Å². The van der Waals surface area contributed by atoms with Gasteiger partial charge in [-0.1, -0.05) is 12.1 Å². The second kappa shape index (κ2) is 5.80. The normalized spacial score (nSPS) is 10.9. The molecule has 2 aromatic heterocycles. The molecule has 0 aliphatic carbocycles. The summed E-state index contributed by atoms with van der Waals surface area (Å²) in [7, 11) is 0. The van der Waals surface area contributed by atoms with Gasteiger partial charge in [-0.25, -0.2) is 4.98 Å². The summed E-state index contributed by atoms with van der Waals surface area (Å²) in [5.41, 5.74) is 15.3. The zero-order valence-corrected chi connectivity index (χ0v) is 11.6. The summed E-state index contributed by atoms with van der Waals surface area (Å²) < 4.78 is 0. The second-order valence-electron chi connectivity index (χ2n) is 4.87. The van der Waals surface area contributed by atoms with Crippen LogP contribution in [0.25, 0.3) is 22.2 Å². The number of fused-ring (bicyclic) bond motifs is 1. The SMILES string of the molecule is NCCCNc1cc(N)nc2cc(-c3ccn[nH]3)ccc12. The van der Waals surface area contributed by atoms with Crippen molar-refractivity contribution >= 4 is 22.4 Å². The highest BCUT2D eigenvalue weighted by Crippen LogP contribution is 2.28. The number of hydrogen-bond acceptors (Lipinski definition) is 5. The maximum atomic E-state index is 5.90. The van der Waals surface area contributed by atoms with Crippen molar-refractivity contribution in [2.45, 2.75) is 6.42 Å². The van der Waals surface area contributed by atoms with E-state index in [0.717, 1.165) is 40.8 Å². The van der Waals surface area contributed by atoms with Gasteiger partial charge in [0.05, 0.1) is 11.2 Å². The maximum Gasteiger partial charge on any atom is 0.126 e. The molecule has 2 heterocycles. The molecule has 6 nitrogen and oxygen atoms in total. The van der Waals surface area contributed by atoms with E-state index in [1.165, 1.54) is 0 Å². The highest BCUT2D eigenvalue weighted by atomic mass is 15.1. The van der Waals surface area contributed by atoms with E-state index in [4.69, 9.17) is 11.5 Å². The number of H-pyrrole nitrogens is 1. The summed E-state index contributed by atoms with van der Waals surface area (Å²) >= 11 is 0. The molecule has 3 aromatic rings. The molecule has 0 atom stereocenters. The second-order valence-corrected chi connectivity index (χ2v) is 4.87. The van der Waals surface area contributed by atoms with E-state index in [9.17, 15) is 0 Å². The van der Waals surface area contributed by atoms with Crippen molar-refractivity contribution in [3.05, 3.63) is 36.5 Å². The molecule has 0 fully saturated rings. The monoisotopic (exact) mass is 282 g/mol. The fraction of sp³-hybridized carbons (Fsp3) is 0.200. The van der Waals surface area contributed by atoms with Crippen LogP contribution in [0.3, 0.4) is 0 Å². The Morgan fingerprint density at radius 1 is 1.19 bits per heavy atom. The van der Waals surface area contributed by atoms with Gasteiger partial charge in [-0.15, -0.1) is 0 Å². The largest absolute Gasteiger partial charge is 0.384 e. The molecule has 0 aliphatic heterocycles. The van der Waals surface area contributed by atoms with Crippen molar-refractivity contribution in [3.8, 4) is 11.3 Å². The predicted molar refractivity (Wildman–Crippen MR) is 85.9 cm³/mol. The van der Waals surface area contributed by atoms with Crippen LogP contribution in [0.1, 0.15) is 6.42 Å². The third kappa shape index (κ3) is 2.80. The van der Waals surface area contributed by atoms with Crippen LogP contribution in [0, 0.1) is 0 Å². The Hall–Kier alpha value is -2.60. The van der Waals surface area contributed by atoms with E-state index in [1.807, 2.05) is 30.3 Å². The summed E-state index contributed by atoms with van der Waals surface area (Å²) in [4.78, 5) is 4.41. The Bertz CT molecular complexity index is 735. The van der Waals surface area contributed by atoms with Gasteiger partial charge in [0.15, 0.2) is 0 Å². The average molecular weight is 282 g/mol. The first-order valence-corrected chi connectivity index (χ1v) is 6.92. The summed E-state index contributed by atoms with van der Waals surface area (Å²) in [5.74, 6) is 0.500. The van der Waals surface area contributed by atoms with E-state index < -0.39 is 0 Å². The number of nitrogen functional groups attached to an aromatic ring is 1. The first kappa shape index (κ1) is 13.4. The van der Waals surface area contributed by atoms with Gasteiger partial charge in [0, 0.05) is 35.4 Å². The van der Waals surface area contributed by atoms with Gasteiger partial charge in [-0.2, -0.15) is 5.10 Å². The number of nitrogens with two attached hydrogens (primary N) is 2. The lowest BCUT2D eigenvalue weighted by Gasteiger charge is -2.11. The van der Waals surface area contributed by atoms with Crippen LogP contribution < -0.4 is 16.8 Å². The molecule has 0 unspecified atom stereocenters. The molecular weight excluding hydrogens is 264 g/mol. The fourth-order valence-corrected chi connectivity index (χ4v) is 2.30. The molecule has 0 spiro atoms. The summed E-state index contributed by atoms with van der Waals surface area (Å²) in [6, 6.07) is 9.88. The van der Waals surface area contributed by atoms with Gasteiger partial charge < -0.3 is 16.8 Å². The molecule has 21 heavy (non-hydrogen) atoms. The molecule has 0 bridgehead atoms. The minimum absolute atomic E-state index is 0.500. The number of aromatic amines is 1. The smallest absolute Gasteiger partial charge is 0.126 e. The van der Waals surface area contributed by atoms with Crippen LogP contribution in [-0.2, 0) is 0 Å². The predicted octanol–water partition coefficient (Wildman–Crippen LogP) is 1.97. The molecule has 3 rings (SSSR count). The number of nitrogens with one attached hydrogen (secondary N) is 2. The van der Waals surface area contributed by atoms with Gasteiger partial charge in [0.1, 0.15) is 5.82 Å². The molecule has 6 heteroatoms. The zero-order valence-electron chi connectivity index (χ0n) is 11.6. The Balaban J connectivity index is 2.01. The third-order valence-corrected chi connectivity index (χ3v) is 3.34. The van der Waals surface area contributed by atoms with E-state index >= 15 is 0 Å². The molecule has 1 aromatic carbocycles. The molecule has 0 aliphatic rings. The van der Waals surface area contributed by atoms with E-state index in [0.29, 0.717) is 12.4 Å². The van der Waals surface area contributed by atoms with Crippen LogP contribution in [0.2, 0.25) is 0 Å². The number of anilines is 2. The topological polar surface area (TPSA) is 106 Å². The van der Waals surface area contributed by atoms with Crippen molar-refractivity contribution in [2.75, 3.05) is 24.1 Å². The lowest BCUT2D eigenvalue weighted by atomic mass is 10.1. The van der Waals surface area contributed by atoms with E-state index in [2.05, 4.69) is 20.5 Å². The fourth-order valence-electron chi connectivity index (χ4n) is 2.30. The quantitative estimate of drug-likeness (QED) is 0.535. The lowest BCUT2D eigenvalue weighted by Crippen LogP contribution is -2.09. The van der Waals surface area contributed by atoms with Gasteiger partial charge >= 0.3 is 0 Å². The standard InChI is InChI=1S/C15H18N6/c16-5-1-6-18-13-9-15(17)20-14-8-10(2-3-11(13)14)12-4-7-19-21-12/h2-4,7-9H,1,5-6,16H2,(H,19,21)(H3,17,18,20). The molecule has 108 valence electrons. The van der Waals surface area contributed by atoms with Crippen LogP contribution in [0.5, 0.6) is 0 Å². The maximum absolute atomic E-state index is 5.90. The minimum Gasteiger partial charge on any atom is -0.384 e. The number of nitrogens with zero attached hydrogens (tertiary/aromatic N) is 2. The highest BCUT2D eigenvalue weighted by molar-refractivity contribution is 5.95. The molecule has 6 N–H and O–H groups in total. The van der Waals surface area contributed by atoms with Crippen molar-refractivity contribution in [3.63, 3.8) is 0 Å². The van der Waals surface area contributed by atoms with Gasteiger partial charge in [-0.3, -0.25) is 5.10 Å². The molecule has 0 saturated carbocycles. The lowest BCUT2D eigenvalue weighted by molar-refractivity contribution is 0.875. The van der Waals surface area contributed by atoms with Crippen LogP contribution in [0.4, 0.5) is 11.5 Å². The molecular formula is C15H18N6. The highest BCUT2D eigenvalue weighted by Gasteiger charge is 2.07. The summed E-state index contributed by atoms with van der Waals surface area (Å²) in [5, 5.41) is 11.3. The Morgan fingerprint density at radius 3 is 2.86 bits per heavy atom. The number of aromatic nitrogens is 3. The molecule has 0 amide bonds.